The molecule has 4 heteroatoms. The summed E-state index contributed by atoms with van der Waals surface area (Å²) < 4.78 is 1.40. The van der Waals surface area contributed by atoms with E-state index in [1.54, 1.807) is 0 Å². The van der Waals surface area contributed by atoms with E-state index in [4.69, 9.17) is 5.53 Å². The second-order valence-corrected chi connectivity index (χ2v) is 6.78. The van der Waals surface area contributed by atoms with Crippen molar-refractivity contribution in [1.29, 1.82) is 0 Å². The molecule has 17 heavy (non-hydrogen) atoms. The van der Waals surface area contributed by atoms with Crippen LogP contribution in [0.25, 0.3) is 10.4 Å². The molecule has 0 saturated heterocycles. The molecule has 0 amide bonds. The fourth-order valence-corrected chi connectivity index (χ4v) is 4.69. The van der Waals surface area contributed by atoms with Gasteiger partial charge in [0.1, 0.15) is 0 Å². The zero-order valence-electron chi connectivity index (χ0n) is 9.88. The predicted molar refractivity (Wildman–Crippen MR) is 71.6 cm³/mol. The first-order chi connectivity index (χ1) is 8.35. The predicted octanol–water partition coefficient (Wildman–Crippen LogP) is 3.45. The van der Waals surface area contributed by atoms with Gasteiger partial charge < -0.3 is 0 Å². The topological polar surface area (TPSA) is 48.8 Å². The third kappa shape index (κ3) is 3.50. The fourth-order valence-electron chi connectivity index (χ4n) is 2.31. The molecule has 0 aliphatic heterocycles. The number of nitrogens with zero attached hydrogens (tertiary/aromatic N) is 3. The molecule has 0 aromatic heterocycles. The molecular formula is C13H17N3Se. The summed E-state index contributed by atoms with van der Waals surface area (Å²) in [6.45, 7) is 0. The SMILES string of the molecule is [N-]=[N+]=NC1(C[Se]c2ccccc2)CCCCC1. The van der Waals surface area contributed by atoms with Crippen molar-refractivity contribution < 1.29 is 0 Å². The number of hydrogen-bond acceptors (Lipinski definition) is 1. The molecule has 2 rings (SSSR count). The zero-order valence-corrected chi connectivity index (χ0v) is 11.6. The summed E-state index contributed by atoms with van der Waals surface area (Å²) >= 11 is 0.423. The Bertz CT molecular complexity index is 392. The quantitative estimate of drug-likeness (QED) is 0.353. The Balaban J connectivity index is 2.01. The van der Waals surface area contributed by atoms with Crippen molar-refractivity contribution >= 4 is 19.4 Å². The average Bonchev–Trinajstić information content (AvgIpc) is 2.39. The molecule has 1 fully saturated rings. The van der Waals surface area contributed by atoms with Gasteiger partial charge in [-0.1, -0.05) is 0 Å². The van der Waals surface area contributed by atoms with Crippen molar-refractivity contribution in [2.45, 2.75) is 43.0 Å². The van der Waals surface area contributed by atoms with Crippen LogP contribution in [0.5, 0.6) is 0 Å². The normalized spacial score (nSPS) is 18.4. The van der Waals surface area contributed by atoms with Crippen LogP contribution in [0.2, 0.25) is 5.32 Å². The van der Waals surface area contributed by atoms with Crippen molar-refractivity contribution in [3.63, 3.8) is 0 Å². The Morgan fingerprint density at radius 2 is 1.88 bits per heavy atom. The van der Waals surface area contributed by atoms with E-state index >= 15 is 0 Å². The molecule has 90 valence electrons. The summed E-state index contributed by atoms with van der Waals surface area (Å²) in [6.07, 6.45) is 5.87. The first kappa shape index (κ1) is 12.5. The average molecular weight is 294 g/mol. The minimum atomic E-state index is -0.0805. The Morgan fingerprint density at radius 1 is 1.18 bits per heavy atom. The van der Waals surface area contributed by atoms with Crippen LogP contribution in [0.3, 0.4) is 0 Å². The Morgan fingerprint density at radius 3 is 2.53 bits per heavy atom. The third-order valence-electron chi connectivity index (χ3n) is 3.29. The first-order valence-corrected chi connectivity index (χ1v) is 8.16. The molecule has 1 aromatic carbocycles. The molecule has 1 aliphatic carbocycles. The van der Waals surface area contributed by atoms with Gasteiger partial charge in [0, 0.05) is 0 Å². The van der Waals surface area contributed by atoms with Crippen LogP contribution in [0.15, 0.2) is 35.4 Å². The van der Waals surface area contributed by atoms with Crippen molar-refractivity contribution in [2.24, 2.45) is 5.11 Å². The van der Waals surface area contributed by atoms with E-state index in [0.717, 1.165) is 18.2 Å². The first-order valence-electron chi connectivity index (χ1n) is 6.09. The van der Waals surface area contributed by atoms with Crippen molar-refractivity contribution in [3.05, 3.63) is 40.8 Å². The van der Waals surface area contributed by atoms with E-state index in [9.17, 15) is 0 Å². The monoisotopic (exact) mass is 295 g/mol. The van der Waals surface area contributed by atoms with E-state index in [1.807, 2.05) is 6.07 Å². The van der Waals surface area contributed by atoms with Gasteiger partial charge in [0.15, 0.2) is 0 Å². The van der Waals surface area contributed by atoms with E-state index in [-0.39, 0.29) is 5.54 Å². The third-order valence-corrected chi connectivity index (χ3v) is 5.99. The van der Waals surface area contributed by atoms with Crippen LogP contribution < -0.4 is 4.46 Å². The summed E-state index contributed by atoms with van der Waals surface area (Å²) in [5, 5.41) is 5.18. The molecule has 0 atom stereocenters. The summed E-state index contributed by atoms with van der Waals surface area (Å²) in [4.78, 5) is 3.08. The Hall–Kier alpha value is -0.951. The van der Waals surface area contributed by atoms with Crippen molar-refractivity contribution in [2.75, 3.05) is 0 Å². The van der Waals surface area contributed by atoms with Gasteiger partial charge >= 0.3 is 108 Å². The molecule has 0 N–H and O–H groups in total. The molecule has 1 saturated carbocycles. The van der Waals surface area contributed by atoms with Crippen molar-refractivity contribution in [1.82, 2.24) is 0 Å². The molecule has 0 bridgehead atoms. The fraction of sp³-hybridized carbons (Fsp3) is 0.538. The summed E-state index contributed by atoms with van der Waals surface area (Å²) in [6, 6.07) is 10.6. The standard InChI is InChI=1S/C13H17N3Se/c14-16-15-13(9-5-2-6-10-13)11-17-12-7-3-1-4-8-12/h1,3-4,7-8H,2,5-6,9-11H2. The van der Waals surface area contributed by atoms with Crippen LogP contribution in [-0.4, -0.2) is 20.5 Å². The number of hydrogen-bond donors (Lipinski definition) is 0. The molecule has 3 nitrogen and oxygen atoms in total. The maximum atomic E-state index is 8.75. The molecule has 1 aliphatic rings. The van der Waals surface area contributed by atoms with Crippen LogP contribution in [0.1, 0.15) is 32.1 Å². The molecule has 0 unspecified atom stereocenters. The van der Waals surface area contributed by atoms with E-state index < -0.39 is 0 Å². The second-order valence-electron chi connectivity index (χ2n) is 4.58. The van der Waals surface area contributed by atoms with Gasteiger partial charge in [-0.2, -0.15) is 0 Å². The van der Waals surface area contributed by atoms with Gasteiger partial charge in [-0.15, -0.1) is 0 Å². The van der Waals surface area contributed by atoms with Crippen LogP contribution in [0.4, 0.5) is 0 Å². The summed E-state index contributed by atoms with van der Waals surface area (Å²) in [5.41, 5.74) is 8.67. The number of azide groups is 1. The Kier molecular flexibility index (Phi) is 4.49. The van der Waals surface area contributed by atoms with Gasteiger partial charge in [0.25, 0.3) is 0 Å². The van der Waals surface area contributed by atoms with Gasteiger partial charge in [-0.25, -0.2) is 0 Å². The molecule has 0 heterocycles. The second kappa shape index (κ2) is 6.11. The van der Waals surface area contributed by atoms with E-state index in [2.05, 4.69) is 34.3 Å². The van der Waals surface area contributed by atoms with E-state index in [1.165, 1.54) is 23.7 Å². The maximum absolute atomic E-state index is 8.75. The molecule has 0 spiro atoms. The van der Waals surface area contributed by atoms with Gasteiger partial charge in [-0.3, -0.25) is 0 Å². The molecule has 0 radical (unpaired) electrons. The molecule has 1 aromatic rings. The van der Waals surface area contributed by atoms with E-state index in [0.29, 0.717) is 15.0 Å². The van der Waals surface area contributed by atoms with Crippen LogP contribution in [-0.2, 0) is 0 Å². The number of rotatable bonds is 4. The van der Waals surface area contributed by atoms with Gasteiger partial charge in [-0.05, 0) is 0 Å². The summed E-state index contributed by atoms with van der Waals surface area (Å²) in [5.74, 6) is 0. The van der Waals surface area contributed by atoms with Crippen molar-refractivity contribution in [3.8, 4) is 0 Å². The van der Waals surface area contributed by atoms with Gasteiger partial charge in [0.05, 0.1) is 0 Å². The Labute approximate surface area is 108 Å². The zero-order chi connectivity index (χ0) is 12.0. The van der Waals surface area contributed by atoms with Crippen LogP contribution >= 0.6 is 0 Å². The summed E-state index contributed by atoms with van der Waals surface area (Å²) in [7, 11) is 0. The van der Waals surface area contributed by atoms with Gasteiger partial charge in [0.2, 0.25) is 0 Å². The number of benzene rings is 1. The molecular weight excluding hydrogens is 277 g/mol. The minimum absolute atomic E-state index is 0.0805. The van der Waals surface area contributed by atoms with Crippen LogP contribution in [0, 0.1) is 0 Å².